The lowest BCUT2D eigenvalue weighted by Crippen LogP contribution is -2.46. The summed E-state index contributed by atoms with van der Waals surface area (Å²) in [4.78, 5) is 11.0. The molecule has 2 aromatic heterocycles. The summed E-state index contributed by atoms with van der Waals surface area (Å²) in [6, 6.07) is 0. The van der Waals surface area contributed by atoms with Gasteiger partial charge in [0.25, 0.3) is 0 Å². The van der Waals surface area contributed by atoms with Gasteiger partial charge in [0, 0.05) is 13.1 Å². The van der Waals surface area contributed by atoms with Crippen LogP contribution in [0.15, 0.2) is 0 Å². The molecular weight excluding hydrogens is 282 g/mol. The highest BCUT2D eigenvalue weighted by Crippen LogP contribution is 2.33. The van der Waals surface area contributed by atoms with Crippen LogP contribution >= 0.6 is 0 Å². The molecular formula is C15H25N5O2. The zero-order valence-electron chi connectivity index (χ0n) is 14.0. The van der Waals surface area contributed by atoms with E-state index in [2.05, 4.69) is 25.1 Å². The molecule has 0 spiro atoms. The number of fused-ring (bicyclic) bond motifs is 1. The number of ether oxygens (including phenoxy) is 1. The van der Waals surface area contributed by atoms with E-state index >= 15 is 0 Å². The number of hydrogen-bond acceptors (Lipinski definition) is 6. The maximum Gasteiger partial charge on any atom is 0.245 e. The van der Waals surface area contributed by atoms with E-state index < -0.39 is 5.60 Å². The number of H-pyrrole nitrogens is 1. The van der Waals surface area contributed by atoms with Crippen molar-refractivity contribution >= 4 is 16.9 Å². The molecule has 3 rings (SSSR count). The summed E-state index contributed by atoms with van der Waals surface area (Å²) in [5.74, 6) is 1.93. The molecule has 0 radical (unpaired) electrons. The van der Waals surface area contributed by atoms with Crippen molar-refractivity contribution in [3.63, 3.8) is 0 Å². The number of aromatic amines is 1. The summed E-state index contributed by atoms with van der Waals surface area (Å²) in [5, 5.41) is 18.0. The van der Waals surface area contributed by atoms with Crippen LogP contribution in [0.3, 0.4) is 0 Å². The first kappa shape index (κ1) is 16.5. The number of hydrogen-bond donors (Lipinski definition) is 2. The lowest BCUT2D eigenvalue weighted by molar-refractivity contribution is 0.0447. The summed E-state index contributed by atoms with van der Waals surface area (Å²) in [6.07, 6.45) is 1.73. The maximum absolute atomic E-state index is 10.3. The van der Waals surface area contributed by atoms with Gasteiger partial charge in [-0.05, 0) is 26.7 Å². The first-order chi connectivity index (χ1) is 10.5. The van der Waals surface area contributed by atoms with E-state index in [1.807, 2.05) is 27.7 Å². The van der Waals surface area contributed by atoms with Crippen LogP contribution < -0.4 is 9.64 Å². The van der Waals surface area contributed by atoms with Crippen molar-refractivity contribution < 1.29 is 9.84 Å². The number of nitrogens with zero attached hydrogens (tertiary/aromatic N) is 4. The van der Waals surface area contributed by atoms with Crippen molar-refractivity contribution in [3.8, 4) is 5.88 Å². The summed E-state index contributed by atoms with van der Waals surface area (Å²) in [6.45, 7) is 9.11. The van der Waals surface area contributed by atoms with Gasteiger partial charge in [-0.1, -0.05) is 13.8 Å². The van der Waals surface area contributed by atoms with Gasteiger partial charge in [0.15, 0.2) is 5.65 Å². The van der Waals surface area contributed by atoms with Crippen LogP contribution in [0.5, 0.6) is 5.88 Å². The minimum absolute atomic E-state index is 0.486. The summed E-state index contributed by atoms with van der Waals surface area (Å²) in [7, 11) is 1.58. The van der Waals surface area contributed by atoms with Gasteiger partial charge in [-0.2, -0.15) is 0 Å². The quantitative estimate of drug-likeness (QED) is 0.883. The van der Waals surface area contributed by atoms with Crippen LogP contribution in [0.25, 0.3) is 11.0 Å². The van der Waals surface area contributed by atoms with E-state index in [1.165, 1.54) is 0 Å². The Kier molecular flexibility index (Phi) is 4.85. The number of piperidine rings is 1. The van der Waals surface area contributed by atoms with Crippen LogP contribution in [0.2, 0.25) is 0 Å². The van der Waals surface area contributed by atoms with Crippen LogP contribution in [-0.4, -0.2) is 51.1 Å². The fourth-order valence-electron chi connectivity index (χ4n) is 2.77. The van der Waals surface area contributed by atoms with E-state index in [1.54, 1.807) is 7.11 Å². The van der Waals surface area contributed by atoms with Crippen LogP contribution in [0.1, 0.15) is 39.4 Å². The minimum atomic E-state index is -0.694. The number of aromatic nitrogens is 4. The Morgan fingerprint density at radius 3 is 2.68 bits per heavy atom. The molecule has 0 unspecified atom stereocenters. The van der Waals surface area contributed by atoms with E-state index in [0.717, 1.165) is 30.6 Å². The molecule has 7 heteroatoms. The zero-order valence-corrected chi connectivity index (χ0v) is 14.0. The molecule has 122 valence electrons. The van der Waals surface area contributed by atoms with Gasteiger partial charge in [0.05, 0.1) is 12.7 Å². The van der Waals surface area contributed by atoms with Crippen LogP contribution in [0.4, 0.5) is 5.82 Å². The highest BCUT2D eigenvalue weighted by Gasteiger charge is 2.31. The molecule has 0 amide bonds. The number of rotatable bonds is 2. The largest absolute Gasteiger partial charge is 0.479 e. The van der Waals surface area contributed by atoms with Gasteiger partial charge in [-0.15, -0.1) is 5.10 Å². The molecule has 1 atom stereocenters. The molecule has 0 bridgehead atoms. The fraction of sp³-hybridized carbons (Fsp3) is 0.667. The average molecular weight is 307 g/mol. The number of nitrogens with one attached hydrogen (secondary N) is 1. The highest BCUT2D eigenvalue weighted by molar-refractivity contribution is 5.92. The van der Waals surface area contributed by atoms with Gasteiger partial charge >= 0.3 is 0 Å². The third-order valence-electron chi connectivity index (χ3n) is 3.65. The topological polar surface area (TPSA) is 87.2 Å². The Morgan fingerprint density at radius 1 is 1.32 bits per heavy atom. The fourth-order valence-corrected chi connectivity index (χ4v) is 2.77. The Hall–Kier alpha value is -1.89. The number of methoxy groups -OCH3 is 1. The predicted molar refractivity (Wildman–Crippen MR) is 86.4 cm³/mol. The molecule has 2 aromatic rings. The smallest absolute Gasteiger partial charge is 0.245 e. The van der Waals surface area contributed by atoms with E-state index in [9.17, 15) is 5.11 Å². The molecule has 2 N–H and O–H groups in total. The van der Waals surface area contributed by atoms with Crippen molar-refractivity contribution in [2.75, 3.05) is 25.1 Å². The third kappa shape index (κ3) is 3.14. The van der Waals surface area contributed by atoms with Gasteiger partial charge < -0.3 is 14.7 Å². The molecule has 1 fully saturated rings. The average Bonchev–Trinajstić information content (AvgIpc) is 2.90. The first-order valence-electron chi connectivity index (χ1n) is 7.74. The van der Waals surface area contributed by atoms with E-state index in [0.29, 0.717) is 23.9 Å². The zero-order chi connectivity index (χ0) is 16.3. The van der Waals surface area contributed by atoms with Gasteiger partial charge in [-0.25, -0.2) is 9.97 Å². The molecule has 0 saturated carbocycles. The standard InChI is InChI=1S/C13H19N5O2.C2H6/c1-8-14-10-9(12(20-3)17-16-10)11(15-8)18-6-4-5-13(2,19)7-18;1-2/h19H,4-7H2,1-3H3,(H,14,15,16,17);1-2H3/t13-;/m0./s1. The molecule has 1 aliphatic heterocycles. The van der Waals surface area contributed by atoms with Gasteiger partial charge in [0.1, 0.15) is 17.0 Å². The molecule has 1 aliphatic rings. The molecule has 0 aromatic carbocycles. The maximum atomic E-state index is 10.3. The lowest BCUT2D eigenvalue weighted by atomic mass is 9.95. The Bertz CT molecular complexity index is 638. The van der Waals surface area contributed by atoms with E-state index in [4.69, 9.17) is 4.74 Å². The first-order valence-corrected chi connectivity index (χ1v) is 7.74. The van der Waals surface area contributed by atoms with E-state index in [-0.39, 0.29) is 0 Å². The highest BCUT2D eigenvalue weighted by atomic mass is 16.5. The Morgan fingerprint density at radius 2 is 2.05 bits per heavy atom. The second-order valence-corrected chi connectivity index (χ2v) is 5.57. The SMILES string of the molecule is CC.COc1n[nH]c2nc(C)nc(N3CCC[C@](C)(O)C3)c12. The molecule has 22 heavy (non-hydrogen) atoms. The van der Waals surface area contributed by atoms with Crippen molar-refractivity contribution in [3.05, 3.63) is 5.82 Å². The lowest BCUT2D eigenvalue weighted by Gasteiger charge is -2.37. The molecule has 7 nitrogen and oxygen atoms in total. The number of anilines is 1. The number of aliphatic hydroxyl groups is 1. The summed E-state index contributed by atoms with van der Waals surface area (Å²) >= 11 is 0. The third-order valence-corrected chi connectivity index (χ3v) is 3.65. The van der Waals surface area contributed by atoms with Crippen molar-refractivity contribution in [2.45, 2.75) is 46.1 Å². The number of aryl methyl sites for hydroxylation is 1. The molecule has 3 heterocycles. The predicted octanol–water partition coefficient (Wildman–Crippen LogP) is 2.05. The second kappa shape index (κ2) is 6.48. The summed E-state index contributed by atoms with van der Waals surface area (Å²) in [5.41, 5.74) is -0.0324. The normalized spacial score (nSPS) is 21.5. The Balaban J connectivity index is 0.000000847. The van der Waals surface area contributed by atoms with Crippen molar-refractivity contribution in [2.24, 2.45) is 0 Å². The number of β-amino-alcohol motifs (C(OH)–C–C–N with tert-alkyl or cyclic N) is 1. The Labute approximate surface area is 130 Å². The van der Waals surface area contributed by atoms with Crippen LogP contribution in [0, 0.1) is 6.92 Å². The second-order valence-electron chi connectivity index (χ2n) is 5.57. The van der Waals surface area contributed by atoms with Crippen molar-refractivity contribution in [1.82, 2.24) is 20.2 Å². The monoisotopic (exact) mass is 307 g/mol. The van der Waals surface area contributed by atoms with Crippen LogP contribution in [-0.2, 0) is 0 Å². The van der Waals surface area contributed by atoms with Crippen molar-refractivity contribution in [1.29, 1.82) is 0 Å². The summed E-state index contributed by atoms with van der Waals surface area (Å²) < 4.78 is 5.28. The van der Waals surface area contributed by atoms with Gasteiger partial charge in [-0.3, -0.25) is 5.10 Å². The van der Waals surface area contributed by atoms with Gasteiger partial charge in [0.2, 0.25) is 5.88 Å². The molecule has 0 aliphatic carbocycles. The minimum Gasteiger partial charge on any atom is -0.479 e. The molecule has 1 saturated heterocycles.